The van der Waals surface area contributed by atoms with E-state index < -0.39 is 0 Å². The topological polar surface area (TPSA) is 0 Å². The summed E-state index contributed by atoms with van der Waals surface area (Å²) >= 11 is 0. The third-order valence-electron chi connectivity index (χ3n) is 12.0. The van der Waals surface area contributed by atoms with Crippen LogP contribution in [0.1, 0.15) is 73.6 Å². The van der Waals surface area contributed by atoms with Gasteiger partial charge in [-0.25, -0.2) is 0 Å². The van der Waals surface area contributed by atoms with Crippen LogP contribution >= 0.6 is 0 Å². The molecule has 0 N–H and O–H groups in total. The molecule has 6 atom stereocenters. The molecule has 4 aromatic rings. The van der Waals surface area contributed by atoms with Gasteiger partial charge in [0.1, 0.15) is 0 Å². The van der Waals surface area contributed by atoms with E-state index in [0.717, 1.165) is 0 Å². The standard InChI is InChI=1S/C50H50/c1(15-31-43-41-29-17-19-33-45(43)47(35-41)49(37-21-7-3-8-22-37)38-23-9-4-10-24-38)2-16-32-44-42-30-18-20-34-46(44)48(36-42)50(39-25-11-5-12-26-39)40-27-13-6-14-28-40/h3-14,17-30,33-34,41-46H,1-2,15-16,31-32,35-36H2. The second-order valence-corrected chi connectivity index (χ2v) is 14.9. The molecule has 4 bridgehead atoms. The molecule has 4 aromatic carbocycles. The predicted molar refractivity (Wildman–Crippen MR) is 212 cm³/mol. The molecular weight excluding hydrogens is 601 g/mol. The van der Waals surface area contributed by atoms with Crippen LogP contribution in [0.4, 0.5) is 0 Å². The van der Waals surface area contributed by atoms with Crippen LogP contribution in [0, 0.1) is 35.5 Å². The summed E-state index contributed by atoms with van der Waals surface area (Å²) < 4.78 is 0. The smallest absolute Gasteiger partial charge is 0.00235 e. The lowest BCUT2D eigenvalue weighted by Gasteiger charge is -2.23. The molecule has 0 radical (unpaired) electrons. The zero-order chi connectivity index (χ0) is 33.5. The summed E-state index contributed by atoms with van der Waals surface area (Å²) in [6.07, 6.45) is 29.6. The summed E-state index contributed by atoms with van der Waals surface area (Å²) in [5.41, 5.74) is 11.6. The maximum atomic E-state index is 2.52. The second-order valence-electron chi connectivity index (χ2n) is 14.9. The molecule has 2 fully saturated rings. The molecule has 4 aliphatic rings. The van der Waals surface area contributed by atoms with E-state index in [2.05, 4.69) is 170 Å². The molecule has 6 unspecified atom stereocenters. The number of unbranched alkanes of at least 4 members (excludes halogenated alkanes) is 3. The monoisotopic (exact) mass is 650 g/mol. The van der Waals surface area contributed by atoms with Crippen LogP contribution in [-0.2, 0) is 0 Å². The highest BCUT2D eigenvalue weighted by Gasteiger charge is 2.40. The number of hydrogen-bond donors (Lipinski definition) is 0. The van der Waals surface area contributed by atoms with Crippen molar-refractivity contribution >= 4 is 11.1 Å². The van der Waals surface area contributed by atoms with Gasteiger partial charge >= 0.3 is 0 Å². The van der Waals surface area contributed by atoms with Gasteiger partial charge < -0.3 is 0 Å². The van der Waals surface area contributed by atoms with Gasteiger partial charge in [0.15, 0.2) is 0 Å². The molecule has 0 heteroatoms. The third kappa shape index (κ3) is 6.86. The molecule has 0 spiro atoms. The minimum Gasteiger partial charge on any atom is -0.0808 e. The Morgan fingerprint density at radius 3 is 1.04 bits per heavy atom. The average molecular weight is 651 g/mol. The Bertz CT molecular complexity index is 1680. The fourth-order valence-corrected chi connectivity index (χ4v) is 9.79. The van der Waals surface area contributed by atoms with Crippen LogP contribution < -0.4 is 0 Å². The number of fused-ring (bicyclic) bond motifs is 4. The molecule has 50 heavy (non-hydrogen) atoms. The van der Waals surface area contributed by atoms with Crippen LogP contribution in [0.25, 0.3) is 11.1 Å². The van der Waals surface area contributed by atoms with Crippen LogP contribution in [0.15, 0.2) is 181 Å². The first-order chi connectivity index (χ1) is 24.8. The summed E-state index contributed by atoms with van der Waals surface area (Å²) in [6, 6.07) is 44.5. The van der Waals surface area contributed by atoms with Gasteiger partial charge in [-0.3, -0.25) is 0 Å². The highest BCUT2D eigenvalue weighted by molar-refractivity contribution is 5.84. The molecule has 0 saturated heterocycles. The number of benzene rings is 4. The van der Waals surface area contributed by atoms with Gasteiger partial charge in [-0.05, 0) is 82.8 Å². The van der Waals surface area contributed by atoms with E-state index in [4.69, 9.17) is 0 Å². The Morgan fingerprint density at radius 1 is 0.380 bits per heavy atom. The first-order valence-electron chi connectivity index (χ1n) is 19.2. The van der Waals surface area contributed by atoms with Gasteiger partial charge in [0.05, 0.1) is 0 Å². The Kier molecular flexibility index (Phi) is 10.1. The summed E-state index contributed by atoms with van der Waals surface area (Å²) in [5.74, 6) is 3.66. The molecule has 0 aliphatic heterocycles. The van der Waals surface area contributed by atoms with E-state index >= 15 is 0 Å². The first kappa shape index (κ1) is 32.5. The minimum absolute atomic E-state index is 0.513. The molecule has 0 nitrogen and oxygen atoms in total. The van der Waals surface area contributed by atoms with Gasteiger partial charge in [-0.15, -0.1) is 0 Å². The molecule has 4 aliphatic carbocycles. The van der Waals surface area contributed by atoms with Crippen LogP contribution in [0.2, 0.25) is 0 Å². The van der Waals surface area contributed by atoms with E-state index in [9.17, 15) is 0 Å². The van der Waals surface area contributed by atoms with E-state index in [1.165, 1.54) is 84.8 Å². The van der Waals surface area contributed by atoms with Crippen molar-refractivity contribution < 1.29 is 0 Å². The van der Waals surface area contributed by atoms with Crippen molar-refractivity contribution in [2.45, 2.75) is 51.4 Å². The Morgan fingerprint density at radius 2 is 0.700 bits per heavy atom. The molecule has 0 heterocycles. The Balaban J connectivity index is 0.941. The highest BCUT2D eigenvalue weighted by Crippen LogP contribution is 2.52. The van der Waals surface area contributed by atoms with Crippen LogP contribution in [-0.4, -0.2) is 0 Å². The SMILES string of the molecule is C1=CC2CC(=C(c3ccccc3)c3ccccc3)C(C=C1)C2CCCCCCC1C2C=CC=CC1C(=C(c1ccccc1)c1ccccc1)C2. The van der Waals surface area contributed by atoms with Crippen molar-refractivity contribution in [1.29, 1.82) is 0 Å². The maximum Gasteiger partial charge on any atom is 0.00235 e. The second kappa shape index (κ2) is 15.5. The average Bonchev–Trinajstić information content (AvgIpc) is 3.47. The Labute approximate surface area is 300 Å². The minimum atomic E-state index is 0.513. The summed E-state index contributed by atoms with van der Waals surface area (Å²) in [6.45, 7) is 0. The normalized spacial score (nSPS) is 24.7. The fraction of sp³-hybridized carbons (Fsp3) is 0.280. The van der Waals surface area contributed by atoms with Gasteiger partial charge in [0.25, 0.3) is 0 Å². The summed E-state index contributed by atoms with van der Waals surface area (Å²) in [5, 5.41) is 0. The van der Waals surface area contributed by atoms with Gasteiger partial charge in [0, 0.05) is 11.8 Å². The van der Waals surface area contributed by atoms with Gasteiger partial charge in [-0.1, -0.05) is 207 Å². The number of rotatable bonds is 11. The zero-order valence-corrected chi connectivity index (χ0v) is 29.3. The molecular formula is C50H50. The van der Waals surface area contributed by atoms with Gasteiger partial charge in [0.2, 0.25) is 0 Å². The molecule has 250 valence electrons. The summed E-state index contributed by atoms with van der Waals surface area (Å²) in [4.78, 5) is 0. The Hall–Kier alpha value is -4.68. The lowest BCUT2D eigenvalue weighted by Crippen LogP contribution is -2.13. The zero-order valence-electron chi connectivity index (χ0n) is 29.3. The summed E-state index contributed by atoms with van der Waals surface area (Å²) in [7, 11) is 0. The number of allylic oxidation sites excluding steroid dienone is 10. The molecule has 2 saturated carbocycles. The largest absolute Gasteiger partial charge is 0.0808 e. The van der Waals surface area contributed by atoms with Crippen molar-refractivity contribution in [2.75, 3.05) is 0 Å². The van der Waals surface area contributed by atoms with Crippen molar-refractivity contribution in [3.8, 4) is 0 Å². The third-order valence-corrected chi connectivity index (χ3v) is 12.0. The lowest BCUT2D eigenvalue weighted by atomic mass is 9.81. The maximum absolute atomic E-state index is 2.52. The highest BCUT2D eigenvalue weighted by atomic mass is 14.4. The molecule has 8 rings (SSSR count). The predicted octanol–water partition coefficient (Wildman–Crippen LogP) is 13.1. The molecule has 0 aromatic heterocycles. The van der Waals surface area contributed by atoms with E-state index in [-0.39, 0.29) is 0 Å². The van der Waals surface area contributed by atoms with Gasteiger partial charge in [-0.2, -0.15) is 0 Å². The van der Waals surface area contributed by atoms with E-state index in [0.29, 0.717) is 35.5 Å². The number of hydrogen-bond acceptors (Lipinski definition) is 0. The van der Waals surface area contributed by atoms with E-state index in [1.54, 1.807) is 11.1 Å². The van der Waals surface area contributed by atoms with Crippen molar-refractivity contribution in [2.24, 2.45) is 35.5 Å². The van der Waals surface area contributed by atoms with Crippen molar-refractivity contribution in [3.05, 3.63) is 203 Å². The lowest BCUT2D eigenvalue weighted by molar-refractivity contribution is 0.347. The first-order valence-corrected chi connectivity index (χ1v) is 19.2. The molecule has 0 amide bonds. The van der Waals surface area contributed by atoms with Crippen LogP contribution in [0.3, 0.4) is 0 Å². The quantitative estimate of drug-likeness (QED) is 0.142. The van der Waals surface area contributed by atoms with Crippen molar-refractivity contribution in [1.82, 2.24) is 0 Å². The fourth-order valence-electron chi connectivity index (χ4n) is 9.79. The van der Waals surface area contributed by atoms with Crippen molar-refractivity contribution in [3.63, 3.8) is 0 Å². The van der Waals surface area contributed by atoms with Crippen LogP contribution in [0.5, 0.6) is 0 Å². The van der Waals surface area contributed by atoms with E-state index in [1.807, 2.05) is 0 Å².